The molecule has 4 heterocycles. The smallest absolute Gasteiger partial charge is 0.330 e. The van der Waals surface area contributed by atoms with Crippen molar-refractivity contribution in [1.29, 1.82) is 0 Å². The van der Waals surface area contributed by atoms with Gasteiger partial charge >= 0.3 is 11.4 Å². The lowest BCUT2D eigenvalue weighted by atomic mass is 9.84. The number of aromatic amines is 2. The highest BCUT2D eigenvalue weighted by Crippen LogP contribution is 2.44. The maximum Gasteiger partial charge on any atom is 0.330 e. The highest BCUT2D eigenvalue weighted by molar-refractivity contribution is 6.28. The van der Waals surface area contributed by atoms with Crippen LogP contribution in [0, 0.1) is 0 Å². The van der Waals surface area contributed by atoms with E-state index in [1.54, 1.807) is 21.1 Å². The van der Waals surface area contributed by atoms with Crippen LogP contribution in [0.3, 0.4) is 0 Å². The molecule has 0 spiro atoms. The van der Waals surface area contributed by atoms with Gasteiger partial charge in [-0.15, -0.1) is 11.6 Å². The summed E-state index contributed by atoms with van der Waals surface area (Å²) in [5.74, 6) is 1.61. The lowest BCUT2D eigenvalue weighted by molar-refractivity contribution is -0.0550. The number of rotatable bonds is 9. The zero-order chi connectivity index (χ0) is 42.1. The number of hydrogen-bond acceptors (Lipinski definition) is 13. The number of benzene rings is 3. The molecule has 2 aliphatic heterocycles. The fourth-order valence-electron chi connectivity index (χ4n) is 6.47. The lowest BCUT2D eigenvalue weighted by Gasteiger charge is -2.29. The van der Waals surface area contributed by atoms with Crippen molar-refractivity contribution in [3.8, 4) is 11.5 Å². The van der Waals surface area contributed by atoms with Gasteiger partial charge in [-0.1, -0.05) is 68.9 Å². The highest BCUT2D eigenvalue weighted by atomic mass is 35.5. The summed E-state index contributed by atoms with van der Waals surface area (Å²) in [5.41, 5.74) is 0.465. The number of methoxy groups -OCH3 is 2. The summed E-state index contributed by atoms with van der Waals surface area (Å²) in [4.78, 5) is 48.0. The van der Waals surface area contributed by atoms with E-state index in [1.807, 2.05) is 83.8 Å². The number of hydrogen-bond donors (Lipinski definition) is 7. The van der Waals surface area contributed by atoms with Crippen LogP contribution in [0.1, 0.15) is 49.9 Å². The van der Waals surface area contributed by atoms with Crippen molar-refractivity contribution in [2.75, 3.05) is 20.8 Å². The average Bonchev–Trinajstić information content (AvgIpc) is 3.69. The highest BCUT2D eigenvalue weighted by Gasteiger charge is 2.44. The lowest BCUT2D eigenvalue weighted by Crippen LogP contribution is -2.37. The Kier molecular flexibility index (Phi) is 16.1. The van der Waals surface area contributed by atoms with Gasteiger partial charge in [0, 0.05) is 24.5 Å². The standard InChI is InChI=1S/C21H19ClO2.C10H14N2O5.C9H12N2O6.CH4/c1-23-19-12-8-17(9-13-19)21(22,16-6-4-3-5-7-16)18-10-14-20(24-2)15-11-18;1-2-5-7(14)8(15)9(17-5)12-4-3-6(13)11-10(12)16;12-3-4-6(14)7(15)8(17-4)11-2-1-5(13)10-9(11)16;/h3-15H,1-2H3;3-5,7-9,14-15H,2H2,1H3,(H,11,13,16);1-2,4,6-8,12,14-15H,3H2,(H,10,13,16);1H4/t;5-,7-,8-,9-;4-,6-,7-,8-;/m.11./s1. The molecule has 318 valence electrons. The van der Waals surface area contributed by atoms with Crippen molar-refractivity contribution < 1.29 is 44.5 Å². The maximum atomic E-state index is 11.5. The van der Waals surface area contributed by atoms with Crippen LogP contribution in [0.15, 0.2) is 123 Å². The minimum atomic E-state index is -1.35. The van der Waals surface area contributed by atoms with Crippen molar-refractivity contribution >= 4 is 11.6 Å². The molecule has 0 radical (unpaired) electrons. The molecule has 0 unspecified atom stereocenters. The van der Waals surface area contributed by atoms with E-state index in [4.69, 9.17) is 35.7 Å². The molecular weight excluding hydrogens is 792 g/mol. The van der Waals surface area contributed by atoms with Gasteiger partial charge in [0.15, 0.2) is 12.5 Å². The SMILES string of the molecule is C.CC[C@H]1O[C@@H](n2ccc(=O)[nH]c2=O)[C@H](O)[C@@H]1O.COc1ccc(C(Cl)(c2ccccc2)c2ccc(OC)cc2)cc1.O=c1ccn([C@@H]2O[C@H](CO)[C@@H](O)[C@H]2O)c(=O)[nH]1. The second-order valence-corrected chi connectivity index (χ2v) is 13.8. The Labute approximate surface area is 343 Å². The minimum absolute atomic E-state index is 0. The largest absolute Gasteiger partial charge is 0.497 e. The van der Waals surface area contributed by atoms with Gasteiger partial charge < -0.3 is 44.5 Å². The normalized spacial score (nSPS) is 23.5. The Hall–Kier alpha value is -5.37. The van der Waals surface area contributed by atoms with Crippen LogP contribution in [0.4, 0.5) is 0 Å². The van der Waals surface area contributed by atoms with Gasteiger partial charge in [0.05, 0.1) is 26.9 Å². The number of H-pyrrole nitrogens is 2. The number of aromatic nitrogens is 4. The molecule has 0 saturated carbocycles. The van der Waals surface area contributed by atoms with Gasteiger partial charge in [-0.05, 0) is 47.4 Å². The summed E-state index contributed by atoms with van der Waals surface area (Å²) in [5, 5.41) is 47.5. The molecule has 5 aromatic rings. The van der Waals surface area contributed by atoms with E-state index < -0.39 is 83.1 Å². The average molecular weight is 841 g/mol. The zero-order valence-corrected chi connectivity index (χ0v) is 32.4. The summed E-state index contributed by atoms with van der Waals surface area (Å²) in [7, 11) is 3.31. The summed E-state index contributed by atoms with van der Waals surface area (Å²) >= 11 is 7.22. The molecule has 2 saturated heterocycles. The number of alkyl halides is 1. The molecule has 59 heavy (non-hydrogen) atoms. The topological polar surface area (TPSA) is 248 Å². The van der Waals surface area contributed by atoms with Gasteiger partial charge in [-0.25, -0.2) is 9.59 Å². The van der Waals surface area contributed by atoms with Crippen molar-refractivity contribution in [1.82, 2.24) is 19.1 Å². The first kappa shape index (κ1) is 46.3. The number of ether oxygens (including phenoxy) is 4. The Morgan fingerprint density at radius 2 is 1.02 bits per heavy atom. The van der Waals surface area contributed by atoms with E-state index in [2.05, 4.69) is 4.98 Å². The van der Waals surface area contributed by atoms with Crippen LogP contribution in [0.2, 0.25) is 0 Å². The van der Waals surface area contributed by atoms with Crippen LogP contribution >= 0.6 is 11.6 Å². The Bertz CT molecular complexity index is 2180. The van der Waals surface area contributed by atoms with Crippen LogP contribution in [0.5, 0.6) is 11.5 Å². The molecule has 8 atom stereocenters. The zero-order valence-electron chi connectivity index (χ0n) is 31.6. The summed E-state index contributed by atoms with van der Waals surface area (Å²) in [6, 6.07) is 28.1. The minimum Gasteiger partial charge on any atom is -0.497 e. The number of nitrogens with one attached hydrogen (secondary N) is 2. The second kappa shape index (κ2) is 20.5. The molecule has 7 N–H and O–H groups in total. The number of nitrogens with zero attached hydrogens (tertiary/aromatic N) is 2. The Morgan fingerprint density at radius 1 is 0.627 bits per heavy atom. The van der Waals surface area contributed by atoms with Crippen molar-refractivity contribution in [3.63, 3.8) is 0 Å². The first-order valence-electron chi connectivity index (χ1n) is 18.1. The number of halogens is 1. The van der Waals surface area contributed by atoms with E-state index in [0.29, 0.717) is 6.42 Å². The number of aliphatic hydroxyl groups excluding tert-OH is 5. The van der Waals surface area contributed by atoms with E-state index in [9.17, 15) is 39.6 Å². The van der Waals surface area contributed by atoms with Crippen LogP contribution in [-0.4, -0.2) is 102 Å². The molecule has 2 fully saturated rings. The third kappa shape index (κ3) is 10.3. The summed E-state index contributed by atoms with van der Waals surface area (Å²) in [6.45, 7) is 1.32. The van der Waals surface area contributed by atoms with Gasteiger partial charge in [0.25, 0.3) is 11.1 Å². The van der Waals surface area contributed by atoms with E-state index in [0.717, 1.165) is 55.7 Å². The second-order valence-electron chi connectivity index (χ2n) is 13.2. The van der Waals surface area contributed by atoms with Crippen molar-refractivity contribution in [2.24, 2.45) is 0 Å². The molecule has 2 aromatic heterocycles. The molecule has 7 rings (SSSR count). The molecule has 2 aliphatic rings. The Morgan fingerprint density at radius 3 is 1.36 bits per heavy atom. The predicted molar refractivity (Wildman–Crippen MR) is 217 cm³/mol. The van der Waals surface area contributed by atoms with Crippen molar-refractivity contribution in [3.05, 3.63) is 162 Å². The Balaban J connectivity index is 0.000000198. The van der Waals surface area contributed by atoms with Crippen LogP contribution < -0.4 is 32.0 Å². The molecular formula is C41H49ClN4O13. The third-order valence-corrected chi connectivity index (χ3v) is 10.3. The molecule has 0 amide bonds. The fraction of sp³-hybridized carbons (Fsp3) is 0.366. The van der Waals surface area contributed by atoms with Gasteiger partial charge in [-0.3, -0.25) is 28.7 Å². The monoisotopic (exact) mass is 840 g/mol. The molecule has 0 aliphatic carbocycles. The van der Waals surface area contributed by atoms with Gasteiger partial charge in [-0.2, -0.15) is 0 Å². The van der Waals surface area contributed by atoms with Crippen LogP contribution in [0.25, 0.3) is 0 Å². The number of aliphatic hydroxyl groups is 5. The van der Waals surface area contributed by atoms with Gasteiger partial charge in [0.1, 0.15) is 46.9 Å². The maximum absolute atomic E-state index is 11.5. The summed E-state index contributed by atoms with van der Waals surface area (Å²) < 4.78 is 23.1. The van der Waals surface area contributed by atoms with E-state index in [-0.39, 0.29) is 7.43 Å². The molecule has 0 bridgehead atoms. The molecule has 3 aromatic carbocycles. The van der Waals surface area contributed by atoms with Gasteiger partial charge in [0.2, 0.25) is 0 Å². The quantitative estimate of drug-likeness (QED) is 0.0825. The predicted octanol–water partition coefficient (Wildman–Crippen LogP) is 1.58. The third-order valence-electron chi connectivity index (χ3n) is 9.65. The summed E-state index contributed by atoms with van der Waals surface area (Å²) in [6.07, 6.45) is -5.55. The first-order chi connectivity index (χ1) is 27.8. The fourth-order valence-corrected chi connectivity index (χ4v) is 6.85. The van der Waals surface area contributed by atoms with E-state index >= 15 is 0 Å². The van der Waals surface area contributed by atoms with E-state index in [1.165, 1.54) is 6.20 Å². The van der Waals surface area contributed by atoms with Crippen LogP contribution in [-0.2, 0) is 14.3 Å². The first-order valence-corrected chi connectivity index (χ1v) is 18.5. The molecule has 18 heteroatoms. The van der Waals surface area contributed by atoms with Crippen molar-refractivity contribution in [2.45, 2.75) is 74.7 Å². The molecule has 17 nitrogen and oxygen atoms in total.